The van der Waals surface area contributed by atoms with Crippen molar-refractivity contribution in [3.63, 3.8) is 0 Å². The second kappa shape index (κ2) is 2.13. The minimum atomic E-state index is 0.608. The highest BCUT2D eigenvalue weighted by atomic mass is 15.5. The molecule has 1 rings (SSSR count). The van der Waals surface area contributed by atoms with Gasteiger partial charge in [-0.1, -0.05) is 6.08 Å². The Kier molecular flexibility index (Phi) is 1.48. The lowest BCUT2D eigenvalue weighted by Gasteiger charge is -2.24. The van der Waals surface area contributed by atoms with Gasteiger partial charge in [-0.2, -0.15) is 0 Å². The molecule has 46 valence electrons. The SMILES string of the molecule is NN1C=CCN(N)C1. The zero-order chi connectivity index (χ0) is 5.98. The maximum atomic E-state index is 5.39. The van der Waals surface area contributed by atoms with E-state index in [-0.39, 0.29) is 0 Å². The lowest BCUT2D eigenvalue weighted by molar-refractivity contribution is 0.174. The average molecular weight is 114 g/mol. The van der Waals surface area contributed by atoms with E-state index in [1.807, 2.05) is 12.3 Å². The molecule has 0 atom stereocenters. The summed E-state index contributed by atoms with van der Waals surface area (Å²) in [5, 5.41) is 3.16. The van der Waals surface area contributed by atoms with Crippen molar-refractivity contribution in [2.75, 3.05) is 13.2 Å². The Morgan fingerprint density at radius 1 is 1.38 bits per heavy atom. The molecule has 0 spiro atoms. The van der Waals surface area contributed by atoms with Crippen LogP contribution in [0.3, 0.4) is 0 Å². The summed E-state index contributed by atoms with van der Waals surface area (Å²) < 4.78 is 0. The number of nitrogens with zero attached hydrogens (tertiary/aromatic N) is 2. The van der Waals surface area contributed by atoms with Crippen molar-refractivity contribution >= 4 is 0 Å². The molecule has 0 aromatic heterocycles. The van der Waals surface area contributed by atoms with Crippen LogP contribution in [-0.2, 0) is 0 Å². The van der Waals surface area contributed by atoms with Crippen molar-refractivity contribution < 1.29 is 0 Å². The number of hydrogen-bond acceptors (Lipinski definition) is 4. The fourth-order valence-corrected chi connectivity index (χ4v) is 0.633. The normalized spacial score (nSPS) is 22.0. The smallest absolute Gasteiger partial charge is 0.0984 e. The summed E-state index contributed by atoms with van der Waals surface area (Å²) in [4.78, 5) is 0. The van der Waals surface area contributed by atoms with Gasteiger partial charge < -0.3 is 5.01 Å². The van der Waals surface area contributed by atoms with Gasteiger partial charge in [0.05, 0.1) is 6.67 Å². The van der Waals surface area contributed by atoms with Crippen molar-refractivity contribution in [3.05, 3.63) is 12.3 Å². The van der Waals surface area contributed by atoms with Gasteiger partial charge in [0, 0.05) is 12.7 Å². The molecule has 8 heavy (non-hydrogen) atoms. The summed E-state index contributed by atoms with van der Waals surface area (Å²) in [7, 11) is 0. The third-order valence-electron chi connectivity index (χ3n) is 0.982. The van der Waals surface area contributed by atoms with E-state index in [0.717, 1.165) is 6.54 Å². The van der Waals surface area contributed by atoms with Crippen LogP contribution >= 0.6 is 0 Å². The van der Waals surface area contributed by atoms with Gasteiger partial charge in [-0.3, -0.25) is 5.84 Å². The molecule has 1 aliphatic rings. The molecule has 0 amide bonds. The molecule has 0 saturated carbocycles. The lowest BCUT2D eigenvalue weighted by atomic mass is 10.5. The average Bonchev–Trinajstić information content (AvgIpc) is 1.64. The highest BCUT2D eigenvalue weighted by Crippen LogP contribution is 1.90. The first-order valence-corrected chi connectivity index (χ1v) is 2.46. The predicted molar refractivity (Wildman–Crippen MR) is 30.9 cm³/mol. The fourth-order valence-electron chi connectivity index (χ4n) is 0.633. The summed E-state index contributed by atoms with van der Waals surface area (Å²) in [6.45, 7) is 1.39. The third kappa shape index (κ3) is 1.19. The molecule has 1 heterocycles. The Balaban J connectivity index is 2.42. The molecule has 4 heteroatoms. The summed E-state index contributed by atoms with van der Waals surface area (Å²) in [5.41, 5.74) is 0. The molecule has 0 aromatic carbocycles. The molecule has 4 N–H and O–H groups in total. The van der Waals surface area contributed by atoms with Crippen molar-refractivity contribution in [1.82, 2.24) is 10.0 Å². The number of nitrogens with two attached hydrogens (primary N) is 2. The minimum Gasteiger partial charge on any atom is -0.303 e. The Labute approximate surface area is 48.3 Å². The second-order valence-electron chi connectivity index (χ2n) is 1.81. The highest BCUT2D eigenvalue weighted by molar-refractivity contribution is 4.85. The van der Waals surface area contributed by atoms with E-state index < -0.39 is 0 Å². The summed E-state index contributed by atoms with van der Waals surface area (Å²) in [6, 6.07) is 0. The van der Waals surface area contributed by atoms with E-state index in [9.17, 15) is 0 Å². The first-order chi connectivity index (χ1) is 3.79. The van der Waals surface area contributed by atoms with Crippen molar-refractivity contribution in [2.45, 2.75) is 0 Å². The standard InChI is InChI=1S/C4H10N4/c5-7-2-1-3-8(6)4-7/h1-2H,3-6H2. The zero-order valence-electron chi connectivity index (χ0n) is 4.62. The van der Waals surface area contributed by atoms with Gasteiger partial charge in [-0.15, -0.1) is 0 Å². The van der Waals surface area contributed by atoms with Crippen LogP contribution < -0.4 is 11.7 Å². The predicted octanol–water partition coefficient (Wildman–Crippen LogP) is -1.18. The Morgan fingerprint density at radius 2 is 2.12 bits per heavy atom. The maximum Gasteiger partial charge on any atom is 0.0984 e. The van der Waals surface area contributed by atoms with Crippen molar-refractivity contribution in [2.24, 2.45) is 11.7 Å². The molecule has 0 saturated heterocycles. The van der Waals surface area contributed by atoms with E-state index in [0.29, 0.717) is 6.67 Å². The molecule has 1 aliphatic heterocycles. The van der Waals surface area contributed by atoms with E-state index in [4.69, 9.17) is 11.7 Å². The van der Waals surface area contributed by atoms with E-state index in [1.54, 1.807) is 5.01 Å². The largest absolute Gasteiger partial charge is 0.303 e. The summed E-state index contributed by atoms with van der Waals surface area (Å²) in [5.74, 6) is 10.7. The molecular formula is C4H10N4. The number of rotatable bonds is 0. The van der Waals surface area contributed by atoms with Gasteiger partial charge in [0.2, 0.25) is 0 Å². The molecule has 0 bridgehead atoms. The summed E-state index contributed by atoms with van der Waals surface area (Å²) in [6.07, 6.45) is 3.72. The van der Waals surface area contributed by atoms with Crippen molar-refractivity contribution in [3.8, 4) is 0 Å². The van der Waals surface area contributed by atoms with Crippen LogP contribution in [0.15, 0.2) is 12.3 Å². The molecule has 0 fully saturated rings. The quantitative estimate of drug-likeness (QED) is 0.389. The molecule has 4 nitrogen and oxygen atoms in total. The highest BCUT2D eigenvalue weighted by Gasteiger charge is 2.02. The van der Waals surface area contributed by atoms with Crippen LogP contribution in [0.5, 0.6) is 0 Å². The first kappa shape index (κ1) is 5.55. The minimum absolute atomic E-state index is 0.608. The van der Waals surface area contributed by atoms with Gasteiger partial charge in [-0.25, -0.2) is 10.9 Å². The van der Waals surface area contributed by atoms with Crippen LogP contribution in [0, 0.1) is 0 Å². The van der Waals surface area contributed by atoms with Gasteiger partial charge in [-0.05, 0) is 0 Å². The molecule has 0 unspecified atom stereocenters. The molecule has 0 aliphatic carbocycles. The van der Waals surface area contributed by atoms with Gasteiger partial charge in [0.1, 0.15) is 0 Å². The molecule has 0 aromatic rings. The number of hydrogen-bond donors (Lipinski definition) is 2. The van der Waals surface area contributed by atoms with Gasteiger partial charge in [0.15, 0.2) is 0 Å². The van der Waals surface area contributed by atoms with Crippen LogP contribution in [0.2, 0.25) is 0 Å². The van der Waals surface area contributed by atoms with E-state index in [2.05, 4.69) is 0 Å². The summed E-state index contributed by atoms with van der Waals surface area (Å²) >= 11 is 0. The van der Waals surface area contributed by atoms with E-state index >= 15 is 0 Å². The second-order valence-corrected chi connectivity index (χ2v) is 1.81. The maximum absolute atomic E-state index is 5.39. The molecule has 0 radical (unpaired) electrons. The fraction of sp³-hybridized carbons (Fsp3) is 0.500. The molecular weight excluding hydrogens is 104 g/mol. The van der Waals surface area contributed by atoms with Crippen molar-refractivity contribution in [1.29, 1.82) is 0 Å². The monoisotopic (exact) mass is 114 g/mol. The Hall–Kier alpha value is -0.580. The number of hydrazine groups is 2. The van der Waals surface area contributed by atoms with Crippen LogP contribution in [0.1, 0.15) is 0 Å². The third-order valence-corrected chi connectivity index (χ3v) is 0.982. The zero-order valence-corrected chi connectivity index (χ0v) is 4.62. The van der Waals surface area contributed by atoms with Crippen LogP contribution in [0.25, 0.3) is 0 Å². The lowest BCUT2D eigenvalue weighted by Crippen LogP contribution is -2.45. The Bertz CT molecular complexity index is 100. The van der Waals surface area contributed by atoms with Gasteiger partial charge >= 0.3 is 0 Å². The van der Waals surface area contributed by atoms with E-state index in [1.165, 1.54) is 5.01 Å². The van der Waals surface area contributed by atoms with Crippen LogP contribution in [-0.4, -0.2) is 23.2 Å². The van der Waals surface area contributed by atoms with Crippen LogP contribution in [0.4, 0.5) is 0 Å². The first-order valence-electron chi connectivity index (χ1n) is 2.46. The Morgan fingerprint density at radius 3 is 2.50 bits per heavy atom. The topological polar surface area (TPSA) is 58.5 Å². The van der Waals surface area contributed by atoms with Gasteiger partial charge in [0.25, 0.3) is 0 Å².